The molecule has 23 heavy (non-hydrogen) atoms. The van der Waals surface area contributed by atoms with E-state index in [0.29, 0.717) is 18.0 Å². The molecule has 0 aliphatic heterocycles. The number of hydrogen-bond acceptors (Lipinski definition) is 5. The number of carbonyl (C=O) groups excluding carboxylic acids is 1. The van der Waals surface area contributed by atoms with Crippen molar-refractivity contribution in [2.24, 2.45) is 7.05 Å². The SMILES string of the molecule is COc1nn(C)cc1C(=O)NCC(c1ccsc1)n1cccn1. The van der Waals surface area contributed by atoms with Gasteiger partial charge in [-0.3, -0.25) is 14.2 Å². The molecule has 3 heterocycles. The van der Waals surface area contributed by atoms with Gasteiger partial charge in [-0.05, 0) is 28.5 Å². The van der Waals surface area contributed by atoms with Gasteiger partial charge in [0.2, 0.25) is 5.88 Å². The van der Waals surface area contributed by atoms with E-state index in [0.717, 1.165) is 5.56 Å². The number of nitrogens with one attached hydrogen (secondary N) is 1. The van der Waals surface area contributed by atoms with E-state index in [-0.39, 0.29) is 11.9 Å². The average molecular weight is 331 g/mol. The molecule has 1 N–H and O–H groups in total. The molecule has 0 fully saturated rings. The summed E-state index contributed by atoms with van der Waals surface area (Å²) in [4.78, 5) is 12.4. The molecule has 0 aliphatic rings. The molecule has 0 radical (unpaired) electrons. The standard InChI is InChI=1S/C15H17N5O2S/c1-19-9-12(15(18-19)22-2)14(21)16-8-13(11-4-7-23-10-11)20-6-3-5-17-20/h3-7,9-10,13H,8H2,1-2H3,(H,16,21). The molecule has 0 saturated carbocycles. The van der Waals surface area contributed by atoms with Crippen molar-refractivity contribution < 1.29 is 9.53 Å². The molecular formula is C15H17N5O2S. The van der Waals surface area contributed by atoms with Crippen molar-refractivity contribution in [2.75, 3.05) is 13.7 Å². The average Bonchev–Trinajstić information content (AvgIpc) is 3.28. The number of methoxy groups -OCH3 is 1. The maximum absolute atomic E-state index is 12.4. The number of ether oxygens (including phenoxy) is 1. The van der Waals surface area contributed by atoms with Crippen LogP contribution in [0, 0.1) is 0 Å². The van der Waals surface area contributed by atoms with E-state index in [2.05, 4.69) is 20.9 Å². The second-order valence-corrected chi connectivity index (χ2v) is 5.77. The number of nitrogens with zero attached hydrogens (tertiary/aromatic N) is 4. The number of hydrogen-bond donors (Lipinski definition) is 1. The Bertz CT molecular complexity index is 730. The van der Waals surface area contributed by atoms with E-state index in [1.54, 1.807) is 35.5 Å². The van der Waals surface area contributed by atoms with Crippen molar-refractivity contribution in [3.63, 3.8) is 0 Å². The number of aryl methyl sites for hydroxylation is 1. The zero-order chi connectivity index (χ0) is 16.2. The fraction of sp³-hybridized carbons (Fsp3) is 0.267. The van der Waals surface area contributed by atoms with Crippen LogP contribution in [0.3, 0.4) is 0 Å². The van der Waals surface area contributed by atoms with E-state index in [1.165, 1.54) is 7.11 Å². The molecule has 8 heteroatoms. The van der Waals surface area contributed by atoms with Gasteiger partial charge < -0.3 is 10.1 Å². The molecule has 0 aliphatic carbocycles. The Kier molecular flexibility index (Phi) is 4.42. The maximum Gasteiger partial charge on any atom is 0.258 e. The molecule has 3 aromatic rings. The molecule has 1 atom stereocenters. The Balaban J connectivity index is 1.75. The van der Waals surface area contributed by atoms with E-state index in [4.69, 9.17) is 4.74 Å². The lowest BCUT2D eigenvalue weighted by Gasteiger charge is -2.17. The first kappa shape index (κ1) is 15.3. The highest BCUT2D eigenvalue weighted by Gasteiger charge is 2.20. The summed E-state index contributed by atoms with van der Waals surface area (Å²) in [6, 6.07) is 3.85. The summed E-state index contributed by atoms with van der Waals surface area (Å²) in [7, 11) is 3.24. The van der Waals surface area contributed by atoms with Crippen molar-refractivity contribution in [3.05, 3.63) is 52.6 Å². The summed E-state index contributed by atoms with van der Waals surface area (Å²) < 4.78 is 8.52. The third kappa shape index (κ3) is 3.26. The van der Waals surface area contributed by atoms with Gasteiger partial charge in [0.1, 0.15) is 5.56 Å². The van der Waals surface area contributed by atoms with Gasteiger partial charge >= 0.3 is 0 Å². The van der Waals surface area contributed by atoms with Crippen molar-refractivity contribution in [3.8, 4) is 5.88 Å². The Morgan fingerprint density at radius 1 is 1.52 bits per heavy atom. The predicted molar refractivity (Wildman–Crippen MR) is 86.8 cm³/mol. The van der Waals surface area contributed by atoms with Crippen molar-refractivity contribution in [1.29, 1.82) is 0 Å². The molecule has 120 valence electrons. The minimum atomic E-state index is -0.220. The first-order valence-corrected chi connectivity index (χ1v) is 8.00. The van der Waals surface area contributed by atoms with Gasteiger partial charge in [-0.2, -0.15) is 16.4 Å². The topological polar surface area (TPSA) is 74.0 Å². The fourth-order valence-corrected chi connectivity index (χ4v) is 3.06. The molecule has 0 bridgehead atoms. The third-order valence-corrected chi connectivity index (χ3v) is 4.16. The van der Waals surface area contributed by atoms with Crippen LogP contribution in [0.25, 0.3) is 0 Å². The summed E-state index contributed by atoms with van der Waals surface area (Å²) in [6.45, 7) is 0.426. The van der Waals surface area contributed by atoms with Crippen LogP contribution in [-0.2, 0) is 7.05 Å². The molecule has 7 nitrogen and oxygen atoms in total. The molecular weight excluding hydrogens is 314 g/mol. The summed E-state index contributed by atoms with van der Waals surface area (Å²) in [5.74, 6) is 0.0958. The minimum Gasteiger partial charge on any atom is -0.479 e. The van der Waals surface area contributed by atoms with Crippen molar-refractivity contribution in [1.82, 2.24) is 24.9 Å². The van der Waals surface area contributed by atoms with Crippen LogP contribution in [0.5, 0.6) is 5.88 Å². The van der Waals surface area contributed by atoms with Gasteiger partial charge in [0.25, 0.3) is 5.91 Å². The lowest BCUT2D eigenvalue weighted by atomic mass is 10.1. The molecule has 0 aromatic carbocycles. The van der Waals surface area contributed by atoms with E-state index < -0.39 is 0 Å². The molecule has 3 rings (SSSR count). The highest BCUT2D eigenvalue weighted by molar-refractivity contribution is 7.07. The Morgan fingerprint density at radius 3 is 3.04 bits per heavy atom. The van der Waals surface area contributed by atoms with E-state index in [9.17, 15) is 4.79 Å². The van der Waals surface area contributed by atoms with Crippen LogP contribution in [0.4, 0.5) is 0 Å². The van der Waals surface area contributed by atoms with E-state index in [1.807, 2.05) is 28.4 Å². The maximum atomic E-state index is 12.4. The number of rotatable bonds is 6. The summed E-state index contributed by atoms with van der Waals surface area (Å²) in [5, 5.41) is 15.4. The van der Waals surface area contributed by atoms with Gasteiger partial charge in [-0.15, -0.1) is 5.10 Å². The van der Waals surface area contributed by atoms with Crippen LogP contribution in [-0.4, -0.2) is 39.1 Å². The van der Waals surface area contributed by atoms with Gasteiger partial charge in [0, 0.05) is 32.2 Å². The van der Waals surface area contributed by atoms with E-state index >= 15 is 0 Å². The number of aromatic nitrogens is 4. The number of amides is 1. The second kappa shape index (κ2) is 6.66. The fourth-order valence-electron chi connectivity index (χ4n) is 2.35. The smallest absolute Gasteiger partial charge is 0.258 e. The lowest BCUT2D eigenvalue weighted by Crippen LogP contribution is -2.31. The first-order valence-electron chi connectivity index (χ1n) is 7.06. The Hall–Kier alpha value is -2.61. The molecule has 1 unspecified atom stereocenters. The summed E-state index contributed by atoms with van der Waals surface area (Å²) >= 11 is 1.62. The largest absolute Gasteiger partial charge is 0.479 e. The van der Waals surface area contributed by atoms with Crippen LogP contribution in [0.15, 0.2) is 41.5 Å². The summed E-state index contributed by atoms with van der Waals surface area (Å²) in [5.41, 5.74) is 1.52. The highest BCUT2D eigenvalue weighted by Crippen LogP contribution is 2.20. The quantitative estimate of drug-likeness (QED) is 0.746. The Morgan fingerprint density at radius 2 is 2.39 bits per heavy atom. The predicted octanol–water partition coefficient (Wildman–Crippen LogP) is 1.71. The highest BCUT2D eigenvalue weighted by atomic mass is 32.1. The monoisotopic (exact) mass is 331 g/mol. The number of carbonyl (C=O) groups is 1. The van der Waals surface area contributed by atoms with Crippen LogP contribution >= 0.6 is 11.3 Å². The first-order chi connectivity index (χ1) is 11.2. The lowest BCUT2D eigenvalue weighted by molar-refractivity contribution is 0.0946. The van der Waals surface area contributed by atoms with Gasteiger partial charge in [-0.25, -0.2) is 0 Å². The molecule has 1 amide bonds. The normalized spacial score (nSPS) is 12.1. The van der Waals surface area contributed by atoms with Crippen LogP contribution < -0.4 is 10.1 Å². The van der Waals surface area contributed by atoms with Gasteiger partial charge in [0.15, 0.2) is 0 Å². The zero-order valence-corrected chi connectivity index (χ0v) is 13.7. The number of thiophene rings is 1. The zero-order valence-electron chi connectivity index (χ0n) is 12.8. The van der Waals surface area contributed by atoms with Crippen molar-refractivity contribution in [2.45, 2.75) is 6.04 Å². The second-order valence-electron chi connectivity index (χ2n) is 4.99. The molecule has 3 aromatic heterocycles. The minimum absolute atomic E-state index is 0.0529. The third-order valence-electron chi connectivity index (χ3n) is 3.46. The summed E-state index contributed by atoms with van der Waals surface area (Å²) in [6.07, 6.45) is 5.26. The Labute approximate surface area is 137 Å². The van der Waals surface area contributed by atoms with Gasteiger partial charge in [-0.1, -0.05) is 0 Å². The van der Waals surface area contributed by atoms with Crippen LogP contribution in [0.1, 0.15) is 22.0 Å². The van der Waals surface area contributed by atoms with Gasteiger partial charge in [0.05, 0.1) is 13.2 Å². The van der Waals surface area contributed by atoms with Crippen molar-refractivity contribution >= 4 is 17.2 Å². The van der Waals surface area contributed by atoms with Crippen LogP contribution in [0.2, 0.25) is 0 Å². The molecule has 0 spiro atoms. The molecule has 0 saturated heterocycles.